The molecule has 0 heterocycles. The number of nitriles is 1. The number of carbonyl (C=O) groups excluding carboxylic acids is 1. The Bertz CT molecular complexity index is 358. The summed E-state index contributed by atoms with van der Waals surface area (Å²) in [6, 6.07) is 0. The minimum atomic E-state index is -3.63. The fraction of sp³-hybridized carbons (Fsp3) is 0.818. The standard InChI is InChI=1S/C11H21N2O4PS/c1-5-13(6-2)10(14)11(19-9-12)18(15,16-7-3)17-8-4/h11H,5-8H2,1-4H3. The van der Waals surface area contributed by atoms with Gasteiger partial charge in [-0.1, -0.05) is 0 Å². The molecule has 0 bridgehead atoms. The lowest BCUT2D eigenvalue weighted by atomic mass is 10.5. The SMILES string of the molecule is CCOP(=O)(OCC)C(SC#N)C(=O)N(CC)CC. The molecular weight excluding hydrogens is 287 g/mol. The second-order valence-electron chi connectivity index (χ2n) is 3.45. The number of thiocyanates is 1. The summed E-state index contributed by atoms with van der Waals surface area (Å²) in [5.74, 6) is -0.387. The van der Waals surface area contributed by atoms with E-state index in [9.17, 15) is 9.36 Å². The summed E-state index contributed by atoms with van der Waals surface area (Å²) < 4.78 is 22.9. The molecule has 0 aliphatic rings. The first-order chi connectivity index (χ1) is 9.00. The first-order valence-corrected chi connectivity index (χ1v) is 8.72. The number of thioether (sulfide) groups is 1. The van der Waals surface area contributed by atoms with E-state index in [2.05, 4.69) is 0 Å². The predicted octanol–water partition coefficient (Wildman–Crippen LogP) is 2.66. The second-order valence-corrected chi connectivity index (χ2v) is 6.80. The molecular formula is C11H21N2O4PS. The zero-order chi connectivity index (χ0) is 14.9. The van der Waals surface area contributed by atoms with Crippen LogP contribution in [0.1, 0.15) is 27.7 Å². The van der Waals surface area contributed by atoms with Crippen LogP contribution in [0.15, 0.2) is 0 Å². The van der Waals surface area contributed by atoms with Crippen molar-refractivity contribution >= 4 is 25.3 Å². The van der Waals surface area contributed by atoms with Gasteiger partial charge in [-0.3, -0.25) is 9.36 Å². The van der Waals surface area contributed by atoms with Crippen LogP contribution < -0.4 is 0 Å². The number of hydrogen-bond acceptors (Lipinski definition) is 6. The van der Waals surface area contributed by atoms with Crippen molar-refractivity contribution in [1.29, 1.82) is 5.26 Å². The highest BCUT2D eigenvalue weighted by molar-refractivity contribution is 8.10. The monoisotopic (exact) mass is 308 g/mol. The van der Waals surface area contributed by atoms with E-state index < -0.39 is 12.6 Å². The minimum Gasteiger partial charge on any atom is -0.342 e. The minimum absolute atomic E-state index is 0.158. The quantitative estimate of drug-likeness (QED) is 0.481. The molecule has 1 unspecified atom stereocenters. The maximum absolute atomic E-state index is 12.6. The molecule has 0 aromatic rings. The molecule has 1 amide bonds. The van der Waals surface area contributed by atoms with Crippen molar-refractivity contribution in [3.05, 3.63) is 0 Å². The van der Waals surface area contributed by atoms with Crippen molar-refractivity contribution < 1.29 is 18.4 Å². The van der Waals surface area contributed by atoms with Crippen molar-refractivity contribution in [3.63, 3.8) is 0 Å². The Morgan fingerprint density at radius 2 is 1.74 bits per heavy atom. The molecule has 0 aliphatic carbocycles. The van der Waals surface area contributed by atoms with Gasteiger partial charge in [0.25, 0.3) is 0 Å². The Kier molecular flexibility index (Phi) is 9.11. The smallest absolute Gasteiger partial charge is 0.342 e. The van der Waals surface area contributed by atoms with Crippen LogP contribution in [0.5, 0.6) is 0 Å². The molecule has 110 valence electrons. The van der Waals surface area contributed by atoms with Gasteiger partial charge in [0, 0.05) is 13.1 Å². The van der Waals surface area contributed by atoms with Crippen LogP contribution in [0.2, 0.25) is 0 Å². The second kappa shape index (κ2) is 9.38. The van der Waals surface area contributed by atoms with Crippen molar-refractivity contribution in [3.8, 4) is 5.40 Å². The Labute approximate surface area is 119 Å². The third kappa shape index (κ3) is 5.15. The third-order valence-electron chi connectivity index (χ3n) is 2.36. The van der Waals surface area contributed by atoms with Gasteiger partial charge in [0.1, 0.15) is 5.40 Å². The van der Waals surface area contributed by atoms with E-state index in [-0.39, 0.29) is 19.1 Å². The Balaban J connectivity index is 5.31. The number of nitrogens with zero attached hydrogens (tertiary/aromatic N) is 2. The van der Waals surface area contributed by atoms with E-state index in [4.69, 9.17) is 14.3 Å². The molecule has 1 atom stereocenters. The van der Waals surface area contributed by atoms with Gasteiger partial charge in [-0.2, -0.15) is 5.26 Å². The molecule has 6 nitrogen and oxygen atoms in total. The third-order valence-corrected chi connectivity index (χ3v) is 6.01. The van der Waals surface area contributed by atoms with Gasteiger partial charge in [-0.25, -0.2) is 0 Å². The lowest BCUT2D eigenvalue weighted by Gasteiger charge is -2.27. The lowest BCUT2D eigenvalue weighted by Crippen LogP contribution is -2.38. The van der Waals surface area contributed by atoms with Crippen LogP contribution in [-0.4, -0.2) is 42.1 Å². The maximum Gasteiger partial charge on any atom is 0.354 e. The summed E-state index contributed by atoms with van der Waals surface area (Å²) in [4.78, 5) is 12.7. The highest BCUT2D eigenvalue weighted by Gasteiger charge is 2.43. The molecule has 0 fully saturated rings. The average molecular weight is 308 g/mol. The molecule has 0 saturated carbocycles. The summed E-state index contributed by atoms with van der Waals surface area (Å²) in [7, 11) is -3.63. The Hall–Kier alpha value is -0.540. The van der Waals surface area contributed by atoms with E-state index in [1.807, 2.05) is 19.2 Å². The predicted molar refractivity (Wildman–Crippen MR) is 75.8 cm³/mol. The highest BCUT2D eigenvalue weighted by Crippen LogP contribution is 2.57. The summed E-state index contributed by atoms with van der Waals surface area (Å²) >= 11 is 0.632. The molecule has 0 saturated heterocycles. The van der Waals surface area contributed by atoms with Gasteiger partial charge in [0.15, 0.2) is 4.99 Å². The molecule has 0 aliphatic heterocycles. The van der Waals surface area contributed by atoms with E-state index >= 15 is 0 Å². The van der Waals surface area contributed by atoms with Crippen molar-refractivity contribution in [1.82, 2.24) is 4.90 Å². The van der Waals surface area contributed by atoms with E-state index in [0.717, 1.165) is 0 Å². The fourth-order valence-electron chi connectivity index (χ4n) is 1.52. The van der Waals surface area contributed by atoms with E-state index in [1.165, 1.54) is 4.90 Å². The van der Waals surface area contributed by atoms with Gasteiger partial charge in [-0.05, 0) is 39.5 Å². The van der Waals surface area contributed by atoms with Crippen LogP contribution in [0.25, 0.3) is 0 Å². The zero-order valence-electron chi connectivity index (χ0n) is 11.8. The zero-order valence-corrected chi connectivity index (χ0v) is 13.5. The Morgan fingerprint density at radius 1 is 1.26 bits per heavy atom. The Morgan fingerprint density at radius 3 is 2.05 bits per heavy atom. The van der Waals surface area contributed by atoms with Gasteiger partial charge in [0.05, 0.1) is 13.2 Å². The summed E-state index contributed by atoms with van der Waals surface area (Å²) in [6.07, 6.45) is 0. The van der Waals surface area contributed by atoms with Crippen LogP contribution in [-0.2, 0) is 18.4 Å². The largest absolute Gasteiger partial charge is 0.354 e. The molecule has 0 aromatic heterocycles. The fourth-order valence-corrected chi connectivity index (χ4v) is 4.40. The van der Waals surface area contributed by atoms with Crippen molar-refractivity contribution in [2.75, 3.05) is 26.3 Å². The van der Waals surface area contributed by atoms with Crippen LogP contribution >= 0.6 is 19.4 Å². The molecule has 0 N–H and O–H groups in total. The number of rotatable bonds is 9. The lowest BCUT2D eigenvalue weighted by molar-refractivity contribution is -0.129. The average Bonchev–Trinajstić information content (AvgIpc) is 2.37. The number of amides is 1. The highest BCUT2D eigenvalue weighted by atomic mass is 32.2. The van der Waals surface area contributed by atoms with Gasteiger partial charge in [0.2, 0.25) is 5.91 Å². The van der Waals surface area contributed by atoms with Gasteiger partial charge >= 0.3 is 7.60 Å². The van der Waals surface area contributed by atoms with Crippen LogP contribution in [0, 0.1) is 10.7 Å². The number of carbonyl (C=O) groups is 1. The van der Waals surface area contributed by atoms with E-state index in [1.54, 1.807) is 13.8 Å². The molecule has 0 aromatic carbocycles. The first kappa shape index (κ1) is 18.5. The molecule has 19 heavy (non-hydrogen) atoms. The van der Waals surface area contributed by atoms with Crippen molar-refractivity contribution in [2.24, 2.45) is 0 Å². The number of hydrogen-bond donors (Lipinski definition) is 0. The summed E-state index contributed by atoms with van der Waals surface area (Å²) in [5.41, 5.74) is 0. The molecule has 8 heteroatoms. The molecule has 0 rings (SSSR count). The topological polar surface area (TPSA) is 79.6 Å². The van der Waals surface area contributed by atoms with Gasteiger partial charge < -0.3 is 13.9 Å². The summed E-state index contributed by atoms with van der Waals surface area (Å²) in [6.45, 7) is 8.26. The summed E-state index contributed by atoms with van der Waals surface area (Å²) in [5, 5.41) is 10.6. The molecule has 0 radical (unpaired) electrons. The van der Waals surface area contributed by atoms with E-state index in [0.29, 0.717) is 24.9 Å². The maximum atomic E-state index is 12.6. The van der Waals surface area contributed by atoms with Crippen LogP contribution in [0.4, 0.5) is 0 Å². The molecule has 0 spiro atoms. The van der Waals surface area contributed by atoms with Crippen molar-refractivity contribution in [2.45, 2.75) is 32.7 Å². The van der Waals surface area contributed by atoms with Crippen LogP contribution in [0.3, 0.4) is 0 Å². The normalized spacial score (nSPS) is 12.8. The first-order valence-electron chi connectivity index (χ1n) is 6.22. The van der Waals surface area contributed by atoms with Gasteiger partial charge in [-0.15, -0.1) is 0 Å².